The second-order valence-corrected chi connectivity index (χ2v) is 4.62. The molecule has 0 heterocycles. The summed E-state index contributed by atoms with van der Waals surface area (Å²) in [4.78, 5) is 11.2. The summed E-state index contributed by atoms with van der Waals surface area (Å²) in [6.07, 6.45) is 2.92. The highest BCUT2D eigenvalue weighted by Gasteiger charge is 2.08. The summed E-state index contributed by atoms with van der Waals surface area (Å²) in [5.74, 6) is -0.325. The van der Waals surface area contributed by atoms with Crippen molar-refractivity contribution in [3.8, 4) is 0 Å². The van der Waals surface area contributed by atoms with Gasteiger partial charge in [-0.25, -0.2) is 13.6 Å². The zero-order valence-electron chi connectivity index (χ0n) is 8.67. The van der Waals surface area contributed by atoms with Gasteiger partial charge in [0.05, 0.1) is 4.90 Å². The van der Waals surface area contributed by atoms with E-state index in [2.05, 4.69) is 5.32 Å². The van der Waals surface area contributed by atoms with Gasteiger partial charge in [0.25, 0.3) is 0 Å². The first-order valence-electron chi connectivity index (χ1n) is 4.50. The molecule has 0 saturated carbocycles. The van der Waals surface area contributed by atoms with Gasteiger partial charge in [-0.05, 0) is 31.2 Å². The lowest BCUT2D eigenvalue weighted by Crippen LogP contribution is -2.13. The lowest BCUT2D eigenvalue weighted by molar-refractivity contribution is -0.111. The molecule has 0 aliphatic rings. The summed E-state index contributed by atoms with van der Waals surface area (Å²) < 4.78 is 22.1. The molecule has 0 aliphatic carbocycles. The highest BCUT2D eigenvalue weighted by molar-refractivity contribution is 7.89. The second-order valence-electron chi connectivity index (χ2n) is 3.06. The molecule has 3 N–H and O–H groups in total. The molecule has 1 amide bonds. The average Bonchev–Trinajstić information content (AvgIpc) is 2.17. The van der Waals surface area contributed by atoms with E-state index in [4.69, 9.17) is 5.14 Å². The van der Waals surface area contributed by atoms with Crippen LogP contribution >= 0.6 is 0 Å². The highest BCUT2D eigenvalue weighted by Crippen LogP contribution is 2.13. The Morgan fingerprint density at radius 3 is 2.69 bits per heavy atom. The van der Waals surface area contributed by atoms with E-state index in [9.17, 15) is 13.2 Å². The van der Waals surface area contributed by atoms with Crippen LogP contribution in [-0.4, -0.2) is 14.3 Å². The van der Waals surface area contributed by atoms with Crippen LogP contribution in [0.1, 0.15) is 6.92 Å². The molecule has 5 nitrogen and oxygen atoms in total. The SMILES string of the molecule is CC=CC(=O)Nc1cccc(S(N)(=O)=O)c1. The fraction of sp³-hybridized carbons (Fsp3) is 0.100. The van der Waals surface area contributed by atoms with E-state index in [0.717, 1.165) is 0 Å². The minimum atomic E-state index is -3.74. The molecule has 1 rings (SSSR count). The van der Waals surface area contributed by atoms with Crippen LogP contribution < -0.4 is 10.5 Å². The molecule has 0 spiro atoms. The quantitative estimate of drug-likeness (QED) is 0.767. The van der Waals surface area contributed by atoms with Gasteiger partial charge in [-0.2, -0.15) is 0 Å². The Hall–Kier alpha value is -1.66. The van der Waals surface area contributed by atoms with Crippen molar-refractivity contribution in [1.82, 2.24) is 0 Å². The van der Waals surface area contributed by atoms with Crippen LogP contribution in [0, 0.1) is 0 Å². The number of nitrogens with one attached hydrogen (secondary N) is 1. The Labute approximate surface area is 94.0 Å². The van der Waals surface area contributed by atoms with Crippen LogP contribution in [0.3, 0.4) is 0 Å². The molecule has 0 radical (unpaired) electrons. The van der Waals surface area contributed by atoms with Crippen LogP contribution in [0.25, 0.3) is 0 Å². The Bertz CT molecular complexity index is 521. The van der Waals surface area contributed by atoms with Crippen molar-refractivity contribution < 1.29 is 13.2 Å². The van der Waals surface area contributed by atoms with Crippen LogP contribution in [0.4, 0.5) is 5.69 Å². The smallest absolute Gasteiger partial charge is 0.248 e. The Morgan fingerprint density at radius 2 is 2.12 bits per heavy atom. The Morgan fingerprint density at radius 1 is 1.44 bits per heavy atom. The van der Waals surface area contributed by atoms with Crippen molar-refractivity contribution >= 4 is 21.6 Å². The number of rotatable bonds is 3. The van der Waals surface area contributed by atoms with E-state index in [0.29, 0.717) is 5.69 Å². The molecule has 0 bridgehead atoms. The van der Waals surface area contributed by atoms with E-state index < -0.39 is 10.0 Å². The summed E-state index contributed by atoms with van der Waals surface area (Å²) >= 11 is 0. The van der Waals surface area contributed by atoms with E-state index >= 15 is 0 Å². The van der Waals surface area contributed by atoms with Crippen molar-refractivity contribution in [2.45, 2.75) is 11.8 Å². The molecule has 0 fully saturated rings. The van der Waals surface area contributed by atoms with Gasteiger partial charge in [0.15, 0.2) is 0 Å². The Balaban J connectivity index is 2.96. The predicted octanol–water partition coefficient (Wildman–Crippen LogP) is 0.849. The van der Waals surface area contributed by atoms with Crippen LogP contribution in [-0.2, 0) is 14.8 Å². The van der Waals surface area contributed by atoms with E-state index in [1.165, 1.54) is 24.3 Å². The van der Waals surface area contributed by atoms with E-state index in [-0.39, 0.29) is 10.8 Å². The maximum atomic E-state index is 11.2. The first kappa shape index (κ1) is 12.4. The van der Waals surface area contributed by atoms with E-state index in [1.807, 2.05) is 0 Å². The van der Waals surface area contributed by atoms with Gasteiger partial charge < -0.3 is 5.32 Å². The number of benzene rings is 1. The van der Waals surface area contributed by atoms with Crippen LogP contribution in [0.2, 0.25) is 0 Å². The number of carbonyl (C=O) groups is 1. The maximum Gasteiger partial charge on any atom is 0.248 e. The number of amides is 1. The third kappa shape index (κ3) is 3.48. The third-order valence-corrected chi connectivity index (χ3v) is 2.66. The van der Waals surface area contributed by atoms with Crippen molar-refractivity contribution in [3.05, 3.63) is 36.4 Å². The van der Waals surface area contributed by atoms with Gasteiger partial charge in [0.2, 0.25) is 15.9 Å². The van der Waals surface area contributed by atoms with Gasteiger partial charge in [-0.3, -0.25) is 4.79 Å². The first-order valence-corrected chi connectivity index (χ1v) is 6.04. The molecule has 16 heavy (non-hydrogen) atoms. The molecule has 0 aliphatic heterocycles. The fourth-order valence-corrected chi connectivity index (χ4v) is 1.65. The number of allylic oxidation sites excluding steroid dienone is 1. The standard InChI is InChI=1S/C10H12N2O3S/c1-2-4-10(13)12-8-5-3-6-9(7-8)16(11,14)15/h2-7H,1H3,(H,12,13)(H2,11,14,15). The summed E-state index contributed by atoms with van der Waals surface area (Å²) in [6.45, 7) is 1.71. The lowest BCUT2D eigenvalue weighted by atomic mass is 10.3. The van der Waals surface area contributed by atoms with Gasteiger partial charge in [0, 0.05) is 5.69 Å². The fourth-order valence-electron chi connectivity index (χ4n) is 1.09. The van der Waals surface area contributed by atoms with Crippen molar-refractivity contribution in [2.75, 3.05) is 5.32 Å². The van der Waals surface area contributed by atoms with Gasteiger partial charge in [0.1, 0.15) is 0 Å². The molecule has 0 unspecified atom stereocenters. The molecule has 0 atom stereocenters. The summed E-state index contributed by atoms with van der Waals surface area (Å²) in [5, 5.41) is 7.47. The van der Waals surface area contributed by atoms with Gasteiger partial charge >= 0.3 is 0 Å². The monoisotopic (exact) mass is 240 g/mol. The van der Waals surface area contributed by atoms with Crippen molar-refractivity contribution in [1.29, 1.82) is 0 Å². The largest absolute Gasteiger partial charge is 0.322 e. The number of sulfonamides is 1. The first-order chi connectivity index (χ1) is 7.43. The third-order valence-electron chi connectivity index (χ3n) is 1.75. The number of nitrogens with two attached hydrogens (primary N) is 1. The average molecular weight is 240 g/mol. The molecule has 1 aromatic rings. The maximum absolute atomic E-state index is 11.2. The van der Waals surface area contributed by atoms with Gasteiger partial charge in [-0.15, -0.1) is 0 Å². The Kier molecular flexibility index (Phi) is 3.81. The molecular weight excluding hydrogens is 228 g/mol. The summed E-state index contributed by atoms with van der Waals surface area (Å²) in [7, 11) is -3.74. The molecule has 6 heteroatoms. The van der Waals surface area contributed by atoms with Crippen LogP contribution in [0.5, 0.6) is 0 Å². The molecule has 1 aromatic carbocycles. The zero-order chi connectivity index (χ0) is 12.2. The zero-order valence-corrected chi connectivity index (χ0v) is 9.49. The van der Waals surface area contributed by atoms with Crippen molar-refractivity contribution in [3.63, 3.8) is 0 Å². The highest BCUT2D eigenvalue weighted by atomic mass is 32.2. The molecule has 0 aromatic heterocycles. The number of hydrogen-bond acceptors (Lipinski definition) is 3. The number of hydrogen-bond donors (Lipinski definition) is 2. The second kappa shape index (κ2) is 4.91. The summed E-state index contributed by atoms with van der Waals surface area (Å²) in [6, 6.07) is 5.75. The van der Waals surface area contributed by atoms with E-state index in [1.54, 1.807) is 19.1 Å². The summed E-state index contributed by atoms with van der Waals surface area (Å²) in [5.41, 5.74) is 0.384. The number of anilines is 1. The number of carbonyl (C=O) groups excluding carboxylic acids is 1. The normalized spacial score (nSPS) is 11.6. The van der Waals surface area contributed by atoms with Crippen molar-refractivity contribution in [2.24, 2.45) is 5.14 Å². The number of primary sulfonamides is 1. The lowest BCUT2D eigenvalue weighted by Gasteiger charge is -2.03. The topological polar surface area (TPSA) is 89.3 Å². The van der Waals surface area contributed by atoms with Gasteiger partial charge in [-0.1, -0.05) is 12.1 Å². The minimum Gasteiger partial charge on any atom is -0.322 e. The minimum absolute atomic E-state index is 0.0363. The molecular formula is C10H12N2O3S. The predicted molar refractivity (Wildman–Crippen MR) is 61.3 cm³/mol. The van der Waals surface area contributed by atoms with Crippen LogP contribution in [0.15, 0.2) is 41.3 Å². The molecule has 86 valence electrons. The molecule has 0 saturated heterocycles.